The monoisotopic (exact) mass is 239 g/mol. The Morgan fingerprint density at radius 3 is 2.24 bits per heavy atom. The van der Waals surface area contributed by atoms with Crippen LogP contribution in [0.2, 0.25) is 0 Å². The van der Waals surface area contributed by atoms with Crippen LogP contribution in [0.3, 0.4) is 0 Å². The molecule has 2 aliphatic rings. The second-order valence-corrected chi connectivity index (χ2v) is 6.20. The van der Waals surface area contributed by atoms with E-state index in [2.05, 4.69) is 6.92 Å². The van der Waals surface area contributed by atoms with Crippen molar-refractivity contribution in [3.05, 3.63) is 0 Å². The van der Waals surface area contributed by atoms with Gasteiger partial charge in [-0.05, 0) is 50.4 Å². The van der Waals surface area contributed by atoms with E-state index in [-0.39, 0.29) is 5.60 Å². The highest BCUT2D eigenvalue weighted by Gasteiger charge is 2.35. The van der Waals surface area contributed by atoms with Gasteiger partial charge in [0.05, 0.1) is 12.2 Å². The molecule has 0 spiro atoms. The molecule has 0 radical (unpaired) electrons. The van der Waals surface area contributed by atoms with E-state index in [1.54, 1.807) is 0 Å². The van der Waals surface area contributed by atoms with Gasteiger partial charge in [-0.3, -0.25) is 0 Å². The molecule has 0 aromatic carbocycles. The molecule has 0 aromatic heterocycles. The van der Waals surface area contributed by atoms with Crippen molar-refractivity contribution in [2.45, 2.75) is 70.3 Å². The van der Waals surface area contributed by atoms with Crippen molar-refractivity contribution in [1.82, 2.24) is 0 Å². The fourth-order valence-electron chi connectivity index (χ4n) is 3.49. The number of hydrogen-bond donors (Lipinski definition) is 1. The maximum absolute atomic E-state index is 6.27. The summed E-state index contributed by atoms with van der Waals surface area (Å²) in [5, 5.41) is 0. The molecule has 2 saturated carbocycles. The van der Waals surface area contributed by atoms with Gasteiger partial charge in [0.2, 0.25) is 0 Å². The Bertz CT molecular complexity index is 215. The normalized spacial score (nSPS) is 35.3. The van der Waals surface area contributed by atoms with Crippen LogP contribution in [0.15, 0.2) is 0 Å². The summed E-state index contributed by atoms with van der Waals surface area (Å²) in [5.41, 5.74) is 6.02. The summed E-state index contributed by atoms with van der Waals surface area (Å²) in [4.78, 5) is 0. The second-order valence-electron chi connectivity index (χ2n) is 6.20. The number of rotatable bonds is 5. The average Bonchev–Trinajstić information content (AvgIpc) is 2.90. The summed E-state index contributed by atoms with van der Waals surface area (Å²) in [6.45, 7) is 3.99. The standard InChI is InChI=1S/C15H29NO/c1-2-13-7-9-15(12-16,10-8-13)17-11-14-5-3-4-6-14/h13-14H,2-12,16H2,1H3. The lowest BCUT2D eigenvalue weighted by molar-refractivity contribution is -0.0835. The van der Waals surface area contributed by atoms with Crippen LogP contribution in [-0.4, -0.2) is 18.8 Å². The lowest BCUT2D eigenvalue weighted by atomic mass is 9.77. The molecule has 2 aliphatic carbocycles. The van der Waals surface area contributed by atoms with Crippen LogP contribution in [-0.2, 0) is 4.74 Å². The zero-order valence-electron chi connectivity index (χ0n) is 11.4. The Morgan fingerprint density at radius 2 is 1.71 bits per heavy atom. The molecule has 100 valence electrons. The van der Waals surface area contributed by atoms with Crippen LogP contribution in [0, 0.1) is 11.8 Å². The van der Waals surface area contributed by atoms with Crippen molar-refractivity contribution < 1.29 is 4.74 Å². The van der Waals surface area contributed by atoms with Crippen LogP contribution in [0.4, 0.5) is 0 Å². The van der Waals surface area contributed by atoms with E-state index in [1.165, 1.54) is 57.8 Å². The van der Waals surface area contributed by atoms with E-state index in [4.69, 9.17) is 10.5 Å². The number of nitrogens with two attached hydrogens (primary N) is 1. The van der Waals surface area contributed by atoms with Crippen molar-refractivity contribution in [2.24, 2.45) is 17.6 Å². The van der Waals surface area contributed by atoms with Gasteiger partial charge in [-0.25, -0.2) is 0 Å². The smallest absolute Gasteiger partial charge is 0.0804 e. The first-order valence-electron chi connectivity index (χ1n) is 7.62. The van der Waals surface area contributed by atoms with Gasteiger partial charge in [0, 0.05) is 6.54 Å². The lowest BCUT2D eigenvalue weighted by Gasteiger charge is -2.39. The third-order valence-corrected chi connectivity index (χ3v) is 5.07. The zero-order chi connectivity index (χ0) is 12.1. The Morgan fingerprint density at radius 1 is 1.06 bits per heavy atom. The maximum atomic E-state index is 6.27. The van der Waals surface area contributed by atoms with Gasteiger partial charge >= 0.3 is 0 Å². The van der Waals surface area contributed by atoms with E-state index in [0.717, 1.165) is 25.0 Å². The molecule has 0 unspecified atom stereocenters. The third kappa shape index (κ3) is 3.45. The highest BCUT2D eigenvalue weighted by Crippen LogP contribution is 2.37. The van der Waals surface area contributed by atoms with Crippen molar-refractivity contribution in [3.8, 4) is 0 Å². The first-order valence-corrected chi connectivity index (χ1v) is 7.62. The van der Waals surface area contributed by atoms with Crippen LogP contribution in [0.5, 0.6) is 0 Å². The summed E-state index contributed by atoms with van der Waals surface area (Å²) in [5.74, 6) is 1.74. The van der Waals surface area contributed by atoms with Gasteiger partial charge in [-0.2, -0.15) is 0 Å². The molecule has 0 bridgehead atoms. The SMILES string of the molecule is CCC1CCC(CN)(OCC2CCCC2)CC1. The van der Waals surface area contributed by atoms with Crippen LogP contribution >= 0.6 is 0 Å². The average molecular weight is 239 g/mol. The minimum atomic E-state index is 0.0360. The minimum absolute atomic E-state index is 0.0360. The predicted octanol–water partition coefficient (Wildman–Crippen LogP) is 3.49. The topological polar surface area (TPSA) is 35.2 Å². The Kier molecular flexibility index (Phi) is 4.87. The van der Waals surface area contributed by atoms with E-state index >= 15 is 0 Å². The molecule has 2 rings (SSSR count). The number of hydrogen-bond acceptors (Lipinski definition) is 2. The molecule has 0 heterocycles. The maximum Gasteiger partial charge on any atom is 0.0804 e. The zero-order valence-corrected chi connectivity index (χ0v) is 11.4. The Balaban J connectivity index is 1.78. The first kappa shape index (κ1) is 13.4. The fraction of sp³-hybridized carbons (Fsp3) is 1.00. The molecular formula is C15H29NO. The molecule has 0 amide bonds. The predicted molar refractivity (Wildman–Crippen MR) is 71.9 cm³/mol. The van der Waals surface area contributed by atoms with Crippen molar-refractivity contribution in [2.75, 3.05) is 13.2 Å². The summed E-state index contributed by atoms with van der Waals surface area (Å²) >= 11 is 0. The molecule has 0 atom stereocenters. The van der Waals surface area contributed by atoms with Gasteiger partial charge in [0.1, 0.15) is 0 Å². The van der Waals surface area contributed by atoms with Crippen molar-refractivity contribution >= 4 is 0 Å². The van der Waals surface area contributed by atoms with Gasteiger partial charge < -0.3 is 10.5 Å². The van der Waals surface area contributed by atoms with E-state index in [0.29, 0.717) is 0 Å². The van der Waals surface area contributed by atoms with Gasteiger partial charge in [-0.1, -0.05) is 26.2 Å². The third-order valence-electron chi connectivity index (χ3n) is 5.07. The Hall–Kier alpha value is -0.0800. The van der Waals surface area contributed by atoms with Crippen LogP contribution in [0.1, 0.15) is 64.7 Å². The molecule has 0 aliphatic heterocycles. The molecule has 17 heavy (non-hydrogen) atoms. The second kappa shape index (κ2) is 6.19. The highest BCUT2D eigenvalue weighted by molar-refractivity contribution is 4.88. The van der Waals surface area contributed by atoms with Crippen molar-refractivity contribution in [1.29, 1.82) is 0 Å². The largest absolute Gasteiger partial charge is 0.373 e. The lowest BCUT2D eigenvalue weighted by Crippen LogP contribution is -2.44. The summed E-state index contributed by atoms with van der Waals surface area (Å²) < 4.78 is 6.27. The van der Waals surface area contributed by atoms with E-state index in [9.17, 15) is 0 Å². The van der Waals surface area contributed by atoms with Gasteiger partial charge in [-0.15, -0.1) is 0 Å². The summed E-state index contributed by atoms with van der Waals surface area (Å²) in [7, 11) is 0. The molecule has 0 saturated heterocycles. The molecule has 2 fully saturated rings. The molecule has 2 N–H and O–H groups in total. The minimum Gasteiger partial charge on any atom is -0.373 e. The molecule has 2 nitrogen and oxygen atoms in total. The first-order chi connectivity index (χ1) is 8.28. The van der Waals surface area contributed by atoms with E-state index in [1.807, 2.05) is 0 Å². The Labute approximate surface area is 106 Å². The van der Waals surface area contributed by atoms with Crippen molar-refractivity contribution in [3.63, 3.8) is 0 Å². The fourth-order valence-corrected chi connectivity index (χ4v) is 3.49. The summed E-state index contributed by atoms with van der Waals surface area (Å²) in [6, 6.07) is 0. The van der Waals surface area contributed by atoms with Crippen LogP contribution < -0.4 is 5.73 Å². The molecular weight excluding hydrogens is 210 g/mol. The number of ether oxygens (including phenoxy) is 1. The van der Waals surface area contributed by atoms with Gasteiger partial charge in [0.25, 0.3) is 0 Å². The highest BCUT2D eigenvalue weighted by atomic mass is 16.5. The van der Waals surface area contributed by atoms with Gasteiger partial charge in [0.15, 0.2) is 0 Å². The van der Waals surface area contributed by atoms with Crippen LogP contribution in [0.25, 0.3) is 0 Å². The quantitative estimate of drug-likeness (QED) is 0.797. The summed E-state index contributed by atoms with van der Waals surface area (Å²) in [6.07, 6.45) is 11.9. The molecule has 0 aromatic rings. The van der Waals surface area contributed by atoms with E-state index < -0.39 is 0 Å². The molecule has 2 heteroatoms.